The van der Waals surface area contributed by atoms with Crippen molar-refractivity contribution in [2.75, 3.05) is 19.6 Å². The highest BCUT2D eigenvalue weighted by atomic mass is 16.2. The molecular weight excluding hydrogens is 200 g/mol. The largest absolute Gasteiger partial charge is 0.339 e. The van der Waals surface area contributed by atoms with E-state index in [-0.39, 0.29) is 5.92 Å². The molecule has 3 nitrogen and oxygen atoms in total. The molecule has 0 aromatic carbocycles. The number of carbonyl (C=O) groups excluding carboxylic acids is 1. The van der Waals surface area contributed by atoms with Crippen LogP contribution in [0.3, 0.4) is 0 Å². The highest BCUT2D eigenvalue weighted by molar-refractivity contribution is 5.80. The van der Waals surface area contributed by atoms with Crippen LogP contribution in [0, 0.1) is 11.8 Å². The number of hydrogen-bond acceptors (Lipinski definition) is 2. The minimum atomic E-state index is 0.278. The maximum Gasteiger partial charge on any atom is 0.227 e. The van der Waals surface area contributed by atoms with Crippen molar-refractivity contribution in [3.63, 3.8) is 0 Å². The number of rotatable bonds is 1. The van der Waals surface area contributed by atoms with Crippen LogP contribution in [0.5, 0.6) is 0 Å². The van der Waals surface area contributed by atoms with Gasteiger partial charge in [-0.2, -0.15) is 0 Å². The normalized spacial score (nSPS) is 38.8. The van der Waals surface area contributed by atoms with Gasteiger partial charge in [0.2, 0.25) is 5.91 Å². The number of amides is 1. The van der Waals surface area contributed by atoms with Gasteiger partial charge in [0.1, 0.15) is 0 Å². The fraction of sp³-hybridized carbons (Fsp3) is 0.923. The van der Waals surface area contributed by atoms with Gasteiger partial charge >= 0.3 is 0 Å². The van der Waals surface area contributed by atoms with Crippen molar-refractivity contribution in [3.05, 3.63) is 0 Å². The summed E-state index contributed by atoms with van der Waals surface area (Å²) in [6, 6.07) is 0.599. The minimum Gasteiger partial charge on any atom is -0.339 e. The summed E-state index contributed by atoms with van der Waals surface area (Å²) in [5, 5.41) is 3.30. The summed E-state index contributed by atoms with van der Waals surface area (Å²) in [5.74, 6) is 1.55. The average molecular weight is 222 g/mol. The number of carbonyl (C=O) groups is 1. The van der Waals surface area contributed by atoms with Crippen molar-refractivity contribution in [1.29, 1.82) is 0 Å². The summed E-state index contributed by atoms with van der Waals surface area (Å²) in [6.45, 7) is 2.97. The highest BCUT2D eigenvalue weighted by Gasteiger charge is 2.40. The van der Waals surface area contributed by atoms with E-state index in [1.807, 2.05) is 0 Å². The number of nitrogens with zero attached hydrogens (tertiary/aromatic N) is 1. The Labute approximate surface area is 97.6 Å². The lowest BCUT2D eigenvalue weighted by molar-refractivity contribution is -0.136. The summed E-state index contributed by atoms with van der Waals surface area (Å²) in [5.41, 5.74) is 0. The molecule has 3 rings (SSSR count). The second-order valence-electron chi connectivity index (χ2n) is 5.62. The molecule has 3 atom stereocenters. The lowest BCUT2D eigenvalue weighted by Gasteiger charge is -2.33. The Morgan fingerprint density at radius 2 is 2.00 bits per heavy atom. The molecule has 3 aliphatic rings. The molecule has 1 aliphatic carbocycles. The molecule has 16 heavy (non-hydrogen) atoms. The van der Waals surface area contributed by atoms with Crippen molar-refractivity contribution in [1.82, 2.24) is 10.2 Å². The molecule has 90 valence electrons. The van der Waals surface area contributed by atoms with Crippen LogP contribution in [-0.4, -0.2) is 36.5 Å². The Morgan fingerprint density at radius 3 is 2.81 bits per heavy atom. The second-order valence-corrected chi connectivity index (χ2v) is 5.62. The maximum atomic E-state index is 12.4. The van der Waals surface area contributed by atoms with Gasteiger partial charge in [0.15, 0.2) is 0 Å². The van der Waals surface area contributed by atoms with Crippen molar-refractivity contribution in [3.8, 4) is 0 Å². The molecule has 2 saturated heterocycles. The molecule has 0 aromatic heterocycles. The molecule has 1 saturated carbocycles. The Bertz CT molecular complexity index is 273. The molecule has 0 spiro atoms. The van der Waals surface area contributed by atoms with Crippen LogP contribution in [0.15, 0.2) is 0 Å². The highest BCUT2D eigenvalue weighted by Crippen LogP contribution is 2.37. The van der Waals surface area contributed by atoms with E-state index in [9.17, 15) is 4.79 Å². The van der Waals surface area contributed by atoms with Crippen LogP contribution in [-0.2, 0) is 4.79 Å². The molecule has 2 heterocycles. The standard InChI is InChI=1S/C13H22N2O/c16-13(11-5-7-14-9-11)15-8-6-10-3-1-2-4-12(10)15/h10-12,14H,1-9H2. The van der Waals surface area contributed by atoms with Crippen molar-refractivity contribution < 1.29 is 4.79 Å². The van der Waals surface area contributed by atoms with Crippen LogP contribution in [0.4, 0.5) is 0 Å². The Morgan fingerprint density at radius 1 is 1.12 bits per heavy atom. The molecule has 3 unspecified atom stereocenters. The van der Waals surface area contributed by atoms with Gasteiger partial charge in [0, 0.05) is 19.1 Å². The number of likely N-dealkylation sites (tertiary alicyclic amines) is 1. The van der Waals surface area contributed by atoms with E-state index >= 15 is 0 Å². The van der Waals surface area contributed by atoms with Crippen LogP contribution >= 0.6 is 0 Å². The summed E-state index contributed by atoms with van der Waals surface area (Å²) < 4.78 is 0. The topological polar surface area (TPSA) is 32.3 Å². The Balaban J connectivity index is 1.67. The van der Waals surface area contributed by atoms with Gasteiger partial charge in [-0.25, -0.2) is 0 Å². The zero-order chi connectivity index (χ0) is 11.0. The molecule has 0 bridgehead atoms. The predicted octanol–water partition coefficient (Wildman–Crippen LogP) is 1.39. The van der Waals surface area contributed by atoms with E-state index in [1.165, 1.54) is 32.1 Å². The van der Waals surface area contributed by atoms with Crippen molar-refractivity contribution in [2.45, 2.75) is 44.6 Å². The summed E-state index contributed by atoms with van der Waals surface area (Å²) in [7, 11) is 0. The number of nitrogens with one attached hydrogen (secondary N) is 1. The van der Waals surface area contributed by atoms with Gasteiger partial charge in [0.25, 0.3) is 0 Å². The molecule has 2 aliphatic heterocycles. The average Bonchev–Trinajstić information content (AvgIpc) is 2.98. The SMILES string of the molecule is O=C(C1CCNC1)N1CCC2CCCCC21. The summed E-state index contributed by atoms with van der Waals surface area (Å²) >= 11 is 0. The zero-order valence-corrected chi connectivity index (χ0v) is 9.95. The van der Waals surface area contributed by atoms with E-state index in [4.69, 9.17) is 0 Å². The van der Waals surface area contributed by atoms with Crippen molar-refractivity contribution in [2.24, 2.45) is 11.8 Å². The molecule has 1 amide bonds. The van der Waals surface area contributed by atoms with E-state index < -0.39 is 0 Å². The molecule has 3 fully saturated rings. The lowest BCUT2D eigenvalue weighted by Crippen LogP contribution is -2.42. The second kappa shape index (κ2) is 4.36. The van der Waals surface area contributed by atoms with Gasteiger partial charge in [-0.15, -0.1) is 0 Å². The van der Waals surface area contributed by atoms with E-state index in [0.717, 1.165) is 32.0 Å². The fourth-order valence-electron chi connectivity index (χ4n) is 3.78. The molecule has 0 radical (unpaired) electrons. The van der Waals surface area contributed by atoms with Gasteiger partial charge in [-0.1, -0.05) is 12.8 Å². The summed E-state index contributed by atoms with van der Waals surface area (Å²) in [6.07, 6.45) is 7.64. The first kappa shape index (κ1) is 10.6. The summed E-state index contributed by atoms with van der Waals surface area (Å²) in [4.78, 5) is 14.6. The van der Waals surface area contributed by atoms with Gasteiger partial charge in [0.05, 0.1) is 5.92 Å². The third-order valence-corrected chi connectivity index (χ3v) is 4.70. The first-order chi connectivity index (χ1) is 7.86. The first-order valence-corrected chi connectivity index (χ1v) is 6.87. The zero-order valence-electron chi connectivity index (χ0n) is 9.95. The van der Waals surface area contributed by atoms with E-state index in [0.29, 0.717) is 11.9 Å². The predicted molar refractivity (Wildman–Crippen MR) is 63.1 cm³/mol. The van der Waals surface area contributed by atoms with Gasteiger partial charge in [-0.05, 0) is 38.1 Å². The number of fused-ring (bicyclic) bond motifs is 1. The molecule has 1 N–H and O–H groups in total. The van der Waals surface area contributed by atoms with Gasteiger partial charge in [-0.3, -0.25) is 4.79 Å². The number of hydrogen-bond donors (Lipinski definition) is 1. The van der Waals surface area contributed by atoms with Crippen LogP contribution < -0.4 is 5.32 Å². The Hall–Kier alpha value is -0.570. The third kappa shape index (κ3) is 1.75. The minimum absolute atomic E-state index is 0.278. The van der Waals surface area contributed by atoms with Gasteiger partial charge < -0.3 is 10.2 Å². The monoisotopic (exact) mass is 222 g/mol. The smallest absolute Gasteiger partial charge is 0.227 e. The van der Waals surface area contributed by atoms with Crippen LogP contribution in [0.25, 0.3) is 0 Å². The van der Waals surface area contributed by atoms with Crippen LogP contribution in [0.2, 0.25) is 0 Å². The third-order valence-electron chi connectivity index (χ3n) is 4.70. The Kier molecular flexibility index (Phi) is 2.88. The molecule has 3 heteroatoms. The first-order valence-electron chi connectivity index (χ1n) is 6.87. The van der Waals surface area contributed by atoms with Crippen molar-refractivity contribution >= 4 is 5.91 Å². The fourth-order valence-corrected chi connectivity index (χ4v) is 3.78. The maximum absolute atomic E-state index is 12.4. The van der Waals surface area contributed by atoms with E-state index in [1.54, 1.807) is 0 Å². The van der Waals surface area contributed by atoms with E-state index in [2.05, 4.69) is 10.2 Å². The lowest BCUT2D eigenvalue weighted by atomic mass is 9.85. The quantitative estimate of drug-likeness (QED) is 0.727. The molecular formula is C13H22N2O. The molecule has 0 aromatic rings. The van der Waals surface area contributed by atoms with Crippen LogP contribution in [0.1, 0.15) is 38.5 Å².